The van der Waals surface area contributed by atoms with Crippen LogP contribution in [0, 0.1) is 16.8 Å². The Morgan fingerprint density at radius 3 is 2.32 bits per heavy atom. The molecule has 4 aromatic rings. The average molecular weight is 756 g/mol. The Bertz CT molecular complexity index is 1960. The van der Waals surface area contributed by atoms with Gasteiger partial charge >= 0.3 is 6.09 Å². The van der Waals surface area contributed by atoms with Gasteiger partial charge in [-0.3, -0.25) is 0 Å². The van der Waals surface area contributed by atoms with Crippen LogP contribution < -0.4 is 24.0 Å². The number of nitrogens with zero attached hydrogens (tertiary/aromatic N) is 4. The van der Waals surface area contributed by atoms with Crippen LogP contribution in [-0.2, 0) is 21.3 Å². The Labute approximate surface area is 298 Å². The summed E-state index contributed by atoms with van der Waals surface area (Å²) in [6, 6.07) is 10.4. The highest BCUT2D eigenvalue weighted by Gasteiger charge is 2.32. The van der Waals surface area contributed by atoms with Gasteiger partial charge in [0.1, 0.15) is 33.6 Å². The quantitative estimate of drug-likeness (QED) is 0.147. The van der Waals surface area contributed by atoms with Gasteiger partial charge in [0.05, 0.1) is 49.0 Å². The highest BCUT2D eigenvalue weighted by molar-refractivity contribution is 7.93. The molecule has 1 heterocycles. The Hall–Kier alpha value is -4.41. The van der Waals surface area contributed by atoms with Crippen molar-refractivity contribution in [3.05, 3.63) is 82.1 Å². The summed E-state index contributed by atoms with van der Waals surface area (Å²) in [5.41, 5.74) is 0.335. The zero-order valence-electron chi connectivity index (χ0n) is 28.4. The van der Waals surface area contributed by atoms with Gasteiger partial charge in [-0.25, -0.2) is 31.3 Å². The van der Waals surface area contributed by atoms with E-state index in [-0.39, 0.29) is 34.7 Å². The summed E-state index contributed by atoms with van der Waals surface area (Å²) in [5, 5.41) is 1.77. The van der Waals surface area contributed by atoms with Crippen molar-refractivity contribution >= 4 is 61.2 Å². The third-order valence-corrected chi connectivity index (χ3v) is 10.2. The minimum atomic E-state index is -4.74. The van der Waals surface area contributed by atoms with Gasteiger partial charge in [0, 0.05) is 44.9 Å². The fourth-order valence-corrected chi connectivity index (χ4v) is 7.22. The number of anilines is 4. The summed E-state index contributed by atoms with van der Waals surface area (Å²) in [4.78, 5) is 18.6. The van der Waals surface area contributed by atoms with Crippen LogP contribution in [0.3, 0.4) is 0 Å². The van der Waals surface area contributed by atoms with Crippen LogP contribution in [-0.4, -0.2) is 71.4 Å². The molecule has 0 bridgehead atoms. The number of sulfonamides is 1. The lowest BCUT2D eigenvalue weighted by atomic mass is 10.2. The van der Waals surface area contributed by atoms with Crippen LogP contribution in [0.25, 0.3) is 0 Å². The first kappa shape index (κ1) is 38.4. The van der Waals surface area contributed by atoms with Crippen molar-refractivity contribution in [1.82, 2.24) is 9.88 Å². The first-order valence-corrected chi connectivity index (χ1v) is 17.6. The molecule has 1 amide bonds. The van der Waals surface area contributed by atoms with Crippen molar-refractivity contribution in [2.45, 2.75) is 37.8 Å². The summed E-state index contributed by atoms with van der Waals surface area (Å²) in [5.74, 6) is -0.999. The maximum absolute atomic E-state index is 15.9. The Kier molecular flexibility index (Phi) is 12.0. The summed E-state index contributed by atoms with van der Waals surface area (Å²) in [6.07, 6.45) is 0.333. The van der Waals surface area contributed by atoms with Crippen LogP contribution >= 0.6 is 22.9 Å². The van der Waals surface area contributed by atoms with Gasteiger partial charge < -0.3 is 29.3 Å². The van der Waals surface area contributed by atoms with Crippen LogP contribution in [0.4, 0.5) is 40.2 Å². The maximum atomic E-state index is 15.9. The predicted octanol–water partition coefficient (Wildman–Crippen LogP) is 7.67. The van der Waals surface area contributed by atoms with Crippen molar-refractivity contribution in [3.8, 4) is 11.5 Å². The monoisotopic (exact) mass is 755 g/mol. The predicted molar refractivity (Wildman–Crippen MR) is 188 cm³/mol. The zero-order chi connectivity index (χ0) is 37.0. The zero-order valence-corrected chi connectivity index (χ0v) is 30.8. The number of methoxy groups -OCH3 is 2. The van der Waals surface area contributed by atoms with Crippen LogP contribution in [0.5, 0.6) is 11.5 Å². The van der Waals surface area contributed by atoms with Gasteiger partial charge in [0.25, 0.3) is 10.0 Å². The highest BCUT2D eigenvalue weighted by atomic mass is 35.5. The lowest BCUT2D eigenvalue weighted by Crippen LogP contribution is -2.38. The number of amides is 1. The first-order chi connectivity index (χ1) is 23.4. The van der Waals surface area contributed by atoms with Crippen molar-refractivity contribution in [3.63, 3.8) is 0 Å². The van der Waals surface area contributed by atoms with E-state index in [4.69, 9.17) is 25.8 Å². The lowest BCUT2D eigenvalue weighted by Gasteiger charge is -2.28. The second-order valence-corrected chi connectivity index (χ2v) is 15.2. The molecule has 0 aliphatic heterocycles. The van der Waals surface area contributed by atoms with Crippen LogP contribution in [0.15, 0.2) is 59.6 Å². The van der Waals surface area contributed by atoms with E-state index < -0.39 is 49.9 Å². The molecule has 1 aromatic heterocycles. The summed E-state index contributed by atoms with van der Waals surface area (Å²) >= 11 is 7.00. The van der Waals surface area contributed by atoms with Gasteiger partial charge in [-0.05, 0) is 57.2 Å². The van der Waals surface area contributed by atoms with Gasteiger partial charge in [0.2, 0.25) is 5.13 Å². The molecule has 17 heteroatoms. The summed E-state index contributed by atoms with van der Waals surface area (Å²) < 4.78 is 89.2. The number of hydrogen-bond donors (Lipinski definition) is 1. The van der Waals surface area contributed by atoms with Gasteiger partial charge in [-0.1, -0.05) is 22.9 Å². The van der Waals surface area contributed by atoms with E-state index >= 15 is 4.39 Å². The minimum Gasteiger partial charge on any atom is -0.497 e. The second kappa shape index (κ2) is 15.6. The lowest BCUT2D eigenvalue weighted by molar-refractivity contribution is 0.0303. The third-order valence-electron chi connectivity index (χ3n) is 7.19. The number of hydrogen-bond acceptors (Lipinski definition) is 10. The smallest absolute Gasteiger partial charge is 0.410 e. The molecular weight excluding hydrogens is 719 g/mol. The minimum absolute atomic E-state index is 0.0149. The van der Waals surface area contributed by atoms with Gasteiger partial charge in [-0.2, -0.15) is 4.39 Å². The highest BCUT2D eigenvalue weighted by Crippen LogP contribution is 2.38. The summed E-state index contributed by atoms with van der Waals surface area (Å²) in [6.45, 7) is 5.36. The number of carbonyl (C=O) groups excluding carboxylic acids is 1. The Morgan fingerprint density at radius 2 is 1.70 bits per heavy atom. The molecule has 11 nitrogen and oxygen atoms in total. The fourth-order valence-electron chi connectivity index (χ4n) is 4.62. The van der Waals surface area contributed by atoms with E-state index in [0.29, 0.717) is 34.0 Å². The molecular formula is C33H37ClF3N5O6S2. The molecule has 0 aliphatic rings. The Balaban J connectivity index is 1.64. The second-order valence-electron chi connectivity index (χ2n) is 12.0. The number of nitrogens with one attached hydrogen (secondary N) is 1. The topological polar surface area (TPSA) is 114 Å². The number of halogens is 4. The van der Waals surface area contributed by atoms with E-state index in [9.17, 15) is 22.0 Å². The number of aromatic nitrogens is 1. The molecule has 0 fully saturated rings. The van der Waals surface area contributed by atoms with E-state index in [1.807, 2.05) is 0 Å². The number of benzene rings is 3. The third kappa shape index (κ3) is 9.22. The number of ether oxygens (including phenoxy) is 3. The molecule has 0 saturated carbocycles. The summed E-state index contributed by atoms with van der Waals surface area (Å²) in [7, 11) is 1.35. The first-order valence-electron chi connectivity index (χ1n) is 15.0. The standard InChI is InChI=1S/C33H37ClF3N5O6S2/c1-33(2,3)48-32(43)41(5)13-12-40(4)27-14-21(35)9-11-25(27)39-26-17-24(36)29(16-23(26)34)50(44,45)42(31-38-18-30(37)49-31)19-20-8-10-22(46-6)15-28(20)47-7/h8-11,14-18,39H,12-13,19H2,1-7H3. The average Bonchev–Trinajstić information content (AvgIpc) is 3.48. The molecule has 0 unspecified atom stereocenters. The maximum Gasteiger partial charge on any atom is 0.410 e. The van der Waals surface area contributed by atoms with Crippen molar-refractivity contribution in [1.29, 1.82) is 0 Å². The largest absolute Gasteiger partial charge is 0.497 e. The van der Waals surface area contributed by atoms with Crippen molar-refractivity contribution in [2.24, 2.45) is 0 Å². The van der Waals surface area contributed by atoms with Crippen molar-refractivity contribution < 1.29 is 40.6 Å². The molecule has 0 atom stereocenters. The van der Waals surface area contributed by atoms with E-state index in [2.05, 4.69) is 10.3 Å². The number of carbonyl (C=O) groups is 1. The number of thiazole rings is 1. The molecule has 50 heavy (non-hydrogen) atoms. The Morgan fingerprint density at radius 1 is 0.980 bits per heavy atom. The molecule has 270 valence electrons. The molecule has 1 N–H and O–H groups in total. The number of likely N-dealkylation sites (N-methyl/N-ethyl adjacent to an activating group) is 2. The van der Waals surface area contributed by atoms with Gasteiger partial charge in [0.15, 0.2) is 5.13 Å². The van der Waals surface area contributed by atoms with E-state index in [1.165, 1.54) is 37.3 Å². The molecule has 0 radical (unpaired) electrons. The number of rotatable bonds is 13. The van der Waals surface area contributed by atoms with Crippen LogP contribution in [0.1, 0.15) is 26.3 Å². The van der Waals surface area contributed by atoms with Crippen LogP contribution in [0.2, 0.25) is 5.02 Å². The fraction of sp³-hybridized carbons (Fsp3) is 0.333. The molecule has 0 spiro atoms. The van der Waals surface area contributed by atoms with Crippen molar-refractivity contribution in [2.75, 3.05) is 55.9 Å². The van der Waals surface area contributed by atoms with E-state index in [1.54, 1.807) is 58.0 Å². The molecule has 0 saturated heterocycles. The van der Waals surface area contributed by atoms with Gasteiger partial charge in [-0.15, -0.1) is 0 Å². The van der Waals surface area contributed by atoms with E-state index in [0.717, 1.165) is 22.6 Å². The molecule has 0 aliphatic carbocycles. The normalized spacial score (nSPS) is 11.6. The molecule has 4 rings (SSSR count). The molecule has 3 aromatic carbocycles. The SMILES string of the molecule is COc1ccc(CN(c2ncc(F)s2)S(=O)(=O)c2cc(Cl)c(Nc3ccc(F)cc3N(C)CCN(C)C(=O)OC(C)(C)C)cc2F)c(OC)c1.